The summed E-state index contributed by atoms with van der Waals surface area (Å²) in [5.74, 6) is -0.873. The van der Waals surface area contributed by atoms with Crippen molar-refractivity contribution in [2.24, 2.45) is 12.5 Å². The van der Waals surface area contributed by atoms with Gasteiger partial charge < -0.3 is 5.11 Å². The van der Waals surface area contributed by atoms with Crippen molar-refractivity contribution in [3.8, 4) is 0 Å². The van der Waals surface area contributed by atoms with Crippen LogP contribution in [-0.4, -0.2) is 31.7 Å². The van der Waals surface area contributed by atoms with E-state index in [2.05, 4.69) is 15.4 Å². The standard InChI is InChI=1S/C11H16N4O3/c1-15-10(12-7-13-15)14-8(16)6-11(9(17)18)4-2-3-5-11/h7H,2-6H2,1H3,(H,17,18)(H,12,13,14,16). The molecule has 1 aliphatic carbocycles. The Morgan fingerprint density at radius 3 is 2.67 bits per heavy atom. The molecule has 0 aliphatic heterocycles. The van der Waals surface area contributed by atoms with Crippen molar-refractivity contribution >= 4 is 17.8 Å². The number of carbonyl (C=O) groups excluding carboxylic acids is 1. The summed E-state index contributed by atoms with van der Waals surface area (Å²) in [4.78, 5) is 27.1. The maximum absolute atomic E-state index is 11.9. The van der Waals surface area contributed by atoms with Crippen molar-refractivity contribution in [3.05, 3.63) is 6.33 Å². The minimum absolute atomic E-state index is 0.00477. The highest BCUT2D eigenvalue weighted by atomic mass is 16.4. The van der Waals surface area contributed by atoms with Gasteiger partial charge in [-0.05, 0) is 12.8 Å². The highest BCUT2D eigenvalue weighted by molar-refractivity contribution is 5.93. The zero-order valence-electron chi connectivity index (χ0n) is 10.2. The molecule has 0 aromatic carbocycles. The third-order valence-corrected chi connectivity index (χ3v) is 3.48. The van der Waals surface area contributed by atoms with Crippen LogP contribution in [0.5, 0.6) is 0 Å². The van der Waals surface area contributed by atoms with Crippen LogP contribution in [0.1, 0.15) is 32.1 Å². The van der Waals surface area contributed by atoms with Crippen molar-refractivity contribution in [2.45, 2.75) is 32.1 Å². The van der Waals surface area contributed by atoms with E-state index >= 15 is 0 Å². The summed E-state index contributed by atoms with van der Waals surface area (Å²) in [5.41, 5.74) is -0.900. The summed E-state index contributed by atoms with van der Waals surface area (Å²) >= 11 is 0. The molecule has 1 fully saturated rings. The van der Waals surface area contributed by atoms with Crippen LogP contribution in [0.2, 0.25) is 0 Å². The summed E-state index contributed by atoms with van der Waals surface area (Å²) in [6.45, 7) is 0. The molecule has 0 atom stereocenters. The molecule has 1 aromatic heterocycles. The Kier molecular flexibility index (Phi) is 3.31. The van der Waals surface area contributed by atoms with E-state index in [0.29, 0.717) is 18.8 Å². The fourth-order valence-electron chi connectivity index (χ4n) is 2.40. The normalized spacial score (nSPS) is 17.6. The first-order valence-corrected chi connectivity index (χ1v) is 5.91. The topological polar surface area (TPSA) is 97.1 Å². The Balaban J connectivity index is 2.02. The summed E-state index contributed by atoms with van der Waals surface area (Å²) in [6.07, 6.45) is 4.18. The first-order chi connectivity index (χ1) is 8.53. The number of carbonyl (C=O) groups is 2. The number of amides is 1. The van der Waals surface area contributed by atoms with E-state index in [0.717, 1.165) is 12.8 Å². The lowest BCUT2D eigenvalue weighted by molar-refractivity contribution is -0.150. The predicted molar refractivity (Wildman–Crippen MR) is 62.8 cm³/mol. The maximum Gasteiger partial charge on any atom is 0.310 e. The second-order valence-electron chi connectivity index (χ2n) is 4.72. The monoisotopic (exact) mass is 252 g/mol. The van der Waals surface area contributed by atoms with E-state index in [1.165, 1.54) is 11.0 Å². The number of carboxylic acid groups (broad SMARTS) is 1. The molecule has 98 valence electrons. The highest BCUT2D eigenvalue weighted by Gasteiger charge is 2.43. The third-order valence-electron chi connectivity index (χ3n) is 3.48. The Morgan fingerprint density at radius 2 is 2.17 bits per heavy atom. The number of aliphatic carboxylic acids is 1. The quantitative estimate of drug-likeness (QED) is 0.825. The largest absolute Gasteiger partial charge is 0.481 e. The van der Waals surface area contributed by atoms with Gasteiger partial charge in [0.1, 0.15) is 6.33 Å². The minimum Gasteiger partial charge on any atom is -0.481 e. The molecule has 0 bridgehead atoms. The molecule has 7 heteroatoms. The number of hydrogen-bond donors (Lipinski definition) is 2. The van der Waals surface area contributed by atoms with Crippen molar-refractivity contribution in [2.75, 3.05) is 5.32 Å². The van der Waals surface area contributed by atoms with Crippen molar-refractivity contribution in [1.29, 1.82) is 0 Å². The van der Waals surface area contributed by atoms with Crippen LogP contribution in [-0.2, 0) is 16.6 Å². The van der Waals surface area contributed by atoms with Crippen molar-refractivity contribution < 1.29 is 14.7 Å². The fourth-order valence-corrected chi connectivity index (χ4v) is 2.40. The van der Waals surface area contributed by atoms with E-state index in [1.54, 1.807) is 7.05 Å². The van der Waals surface area contributed by atoms with E-state index in [-0.39, 0.29) is 12.3 Å². The van der Waals surface area contributed by atoms with Gasteiger partial charge in [0.25, 0.3) is 0 Å². The van der Waals surface area contributed by atoms with Gasteiger partial charge in [-0.25, -0.2) is 4.68 Å². The Hall–Kier alpha value is -1.92. The lowest BCUT2D eigenvalue weighted by atomic mass is 9.82. The van der Waals surface area contributed by atoms with Gasteiger partial charge >= 0.3 is 5.97 Å². The molecule has 1 aromatic rings. The van der Waals surface area contributed by atoms with Crippen molar-refractivity contribution in [3.63, 3.8) is 0 Å². The third kappa shape index (κ3) is 2.34. The minimum atomic E-state index is -0.900. The van der Waals surface area contributed by atoms with E-state index < -0.39 is 11.4 Å². The number of aromatic nitrogens is 3. The molecule has 1 heterocycles. The number of anilines is 1. The van der Waals surface area contributed by atoms with Gasteiger partial charge in [0, 0.05) is 13.5 Å². The molecule has 0 radical (unpaired) electrons. The molecule has 18 heavy (non-hydrogen) atoms. The van der Waals surface area contributed by atoms with Gasteiger partial charge in [-0.2, -0.15) is 10.1 Å². The average molecular weight is 252 g/mol. The number of carboxylic acids is 1. The van der Waals surface area contributed by atoms with Gasteiger partial charge in [-0.15, -0.1) is 0 Å². The number of hydrogen-bond acceptors (Lipinski definition) is 4. The van der Waals surface area contributed by atoms with E-state index in [1.807, 2.05) is 0 Å². The molecule has 1 aliphatic rings. The summed E-state index contributed by atoms with van der Waals surface area (Å²) in [6, 6.07) is 0. The van der Waals surface area contributed by atoms with Crippen LogP contribution in [0, 0.1) is 5.41 Å². The van der Waals surface area contributed by atoms with Gasteiger partial charge in [-0.3, -0.25) is 14.9 Å². The highest BCUT2D eigenvalue weighted by Crippen LogP contribution is 2.41. The lowest BCUT2D eigenvalue weighted by Gasteiger charge is -2.22. The molecule has 1 amide bonds. The van der Waals surface area contributed by atoms with Gasteiger partial charge in [0.15, 0.2) is 0 Å². The maximum atomic E-state index is 11.9. The van der Waals surface area contributed by atoms with E-state index in [9.17, 15) is 14.7 Å². The van der Waals surface area contributed by atoms with Crippen LogP contribution in [0.4, 0.5) is 5.95 Å². The lowest BCUT2D eigenvalue weighted by Crippen LogP contribution is -2.33. The Bertz CT molecular complexity index is 463. The molecule has 0 unspecified atom stereocenters. The Morgan fingerprint density at radius 1 is 1.50 bits per heavy atom. The molecule has 2 rings (SSSR count). The van der Waals surface area contributed by atoms with Gasteiger partial charge in [0.05, 0.1) is 5.41 Å². The molecule has 1 saturated carbocycles. The molecule has 7 nitrogen and oxygen atoms in total. The van der Waals surface area contributed by atoms with Crippen LogP contribution >= 0.6 is 0 Å². The van der Waals surface area contributed by atoms with Crippen molar-refractivity contribution in [1.82, 2.24) is 14.8 Å². The molecular weight excluding hydrogens is 236 g/mol. The molecule has 0 saturated heterocycles. The first-order valence-electron chi connectivity index (χ1n) is 5.91. The zero-order chi connectivity index (χ0) is 13.2. The van der Waals surface area contributed by atoms with Crippen LogP contribution < -0.4 is 5.32 Å². The average Bonchev–Trinajstić information content (AvgIpc) is 2.90. The first kappa shape index (κ1) is 12.5. The van der Waals surface area contributed by atoms with Crippen LogP contribution in [0.25, 0.3) is 0 Å². The van der Waals surface area contributed by atoms with Crippen LogP contribution in [0.15, 0.2) is 6.33 Å². The number of aryl methyl sites for hydroxylation is 1. The number of nitrogens with zero attached hydrogens (tertiary/aromatic N) is 3. The summed E-state index contributed by atoms with van der Waals surface area (Å²) < 4.78 is 1.43. The number of nitrogens with one attached hydrogen (secondary N) is 1. The zero-order valence-corrected chi connectivity index (χ0v) is 10.2. The number of rotatable bonds is 4. The second kappa shape index (κ2) is 4.75. The van der Waals surface area contributed by atoms with E-state index in [4.69, 9.17) is 0 Å². The smallest absolute Gasteiger partial charge is 0.310 e. The van der Waals surface area contributed by atoms with Gasteiger partial charge in [0.2, 0.25) is 11.9 Å². The second-order valence-corrected chi connectivity index (χ2v) is 4.72. The summed E-state index contributed by atoms with van der Waals surface area (Å²) in [5, 5.41) is 15.7. The SMILES string of the molecule is Cn1ncnc1NC(=O)CC1(C(=O)O)CCCC1. The molecule has 2 N–H and O–H groups in total. The fraction of sp³-hybridized carbons (Fsp3) is 0.636. The molecular formula is C11H16N4O3. The Labute approximate surface area is 104 Å². The van der Waals surface area contributed by atoms with Crippen LogP contribution in [0.3, 0.4) is 0 Å². The molecule has 0 spiro atoms. The predicted octanol–water partition coefficient (Wildman–Crippen LogP) is 0.789. The summed E-state index contributed by atoms with van der Waals surface area (Å²) in [7, 11) is 1.66. The van der Waals surface area contributed by atoms with Gasteiger partial charge in [-0.1, -0.05) is 12.8 Å².